The van der Waals surface area contributed by atoms with E-state index in [4.69, 9.17) is 4.74 Å². The highest BCUT2D eigenvalue weighted by molar-refractivity contribution is 6.11. The van der Waals surface area contributed by atoms with E-state index in [9.17, 15) is 4.79 Å². The second kappa shape index (κ2) is 8.59. The Labute approximate surface area is 206 Å². The molecule has 1 aliphatic carbocycles. The molecule has 1 amide bonds. The maximum Gasteiger partial charge on any atom is 0.239 e. The number of methoxy groups -OCH3 is 1. The third kappa shape index (κ3) is 3.38. The molecule has 2 atom stereocenters. The molecule has 2 aliphatic rings. The first-order valence-electron chi connectivity index (χ1n) is 12.1. The number of ether oxygens (including phenoxy) is 1. The quantitative estimate of drug-likeness (QED) is 0.332. The predicted molar refractivity (Wildman–Crippen MR) is 141 cm³/mol. The summed E-state index contributed by atoms with van der Waals surface area (Å²) in [6.45, 7) is 0.553. The van der Waals surface area contributed by atoms with Gasteiger partial charge >= 0.3 is 0 Å². The summed E-state index contributed by atoms with van der Waals surface area (Å²) in [7, 11) is 1.70. The van der Waals surface area contributed by atoms with E-state index in [0.717, 1.165) is 33.7 Å². The van der Waals surface area contributed by atoms with Gasteiger partial charge in [-0.3, -0.25) is 4.79 Å². The molecule has 0 fully saturated rings. The van der Waals surface area contributed by atoms with E-state index in [1.54, 1.807) is 7.11 Å². The molecule has 1 aliphatic heterocycles. The molecule has 0 aromatic heterocycles. The van der Waals surface area contributed by atoms with Crippen LogP contribution in [0.2, 0.25) is 0 Å². The summed E-state index contributed by atoms with van der Waals surface area (Å²) in [5.74, 6) is 0.832. The average Bonchev–Trinajstić information content (AvgIpc) is 3.43. The molecule has 3 nitrogen and oxygen atoms in total. The molecular formula is C32H27NO2. The smallest absolute Gasteiger partial charge is 0.239 e. The number of allylic oxidation sites excluding steroid dienone is 2. The number of benzene rings is 4. The lowest BCUT2D eigenvalue weighted by Gasteiger charge is -2.32. The van der Waals surface area contributed by atoms with Crippen LogP contribution >= 0.6 is 0 Å². The highest BCUT2D eigenvalue weighted by atomic mass is 16.5. The van der Waals surface area contributed by atoms with Gasteiger partial charge in [-0.15, -0.1) is 0 Å². The van der Waals surface area contributed by atoms with Crippen LogP contribution < -0.4 is 9.64 Å². The van der Waals surface area contributed by atoms with E-state index in [2.05, 4.69) is 66.7 Å². The predicted octanol–water partition coefficient (Wildman–Crippen LogP) is 6.75. The van der Waals surface area contributed by atoms with E-state index in [-0.39, 0.29) is 11.8 Å². The SMILES string of the molecule is COc1ccccc1[C@H]1C=C(c2ccccc2)C[C@@]12C(=O)N(Cc1ccccc1)c1ccccc12. The van der Waals surface area contributed by atoms with Gasteiger partial charge in [0, 0.05) is 17.2 Å². The molecule has 1 heterocycles. The van der Waals surface area contributed by atoms with Crippen molar-refractivity contribution < 1.29 is 9.53 Å². The lowest BCUT2D eigenvalue weighted by molar-refractivity contribution is -0.123. The van der Waals surface area contributed by atoms with Crippen molar-refractivity contribution in [2.24, 2.45) is 0 Å². The molecule has 4 aromatic rings. The Hall–Kier alpha value is -4.11. The maximum absolute atomic E-state index is 14.6. The van der Waals surface area contributed by atoms with Gasteiger partial charge in [0.1, 0.15) is 5.75 Å². The van der Waals surface area contributed by atoms with E-state index < -0.39 is 5.41 Å². The summed E-state index contributed by atoms with van der Waals surface area (Å²) in [4.78, 5) is 16.6. The first-order chi connectivity index (χ1) is 17.2. The maximum atomic E-state index is 14.6. The van der Waals surface area contributed by atoms with Crippen molar-refractivity contribution in [1.29, 1.82) is 0 Å². The Morgan fingerprint density at radius 3 is 2.26 bits per heavy atom. The molecule has 0 bridgehead atoms. The molecule has 3 heteroatoms. The van der Waals surface area contributed by atoms with Gasteiger partial charge in [0.25, 0.3) is 0 Å². The van der Waals surface area contributed by atoms with Crippen molar-refractivity contribution in [1.82, 2.24) is 0 Å². The van der Waals surface area contributed by atoms with Crippen LogP contribution in [0.3, 0.4) is 0 Å². The number of anilines is 1. The number of nitrogens with zero attached hydrogens (tertiary/aromatic N) is 1. The molecule has 0 saturated carbocycles. The summed E-state index contributed by atoms with van der Waals surface area (Å²) in [6.07, 6.45) is 2.95. The molecule has 0 N–H and O–H groups in total. The third-order valence-corrected chi connectivity index (χ3v) is 7.47. The van der Waals surface area contributed by atoms with Crippen molar-refractivity contribution in [2.45, 2.75) is 24.3 Å². The van der Waals surface area contributed by atoms with Gasteiger partial charge in [0.15, 0.2) is 0 Å². The first kappa shape index (κ1) is 21.4. The van der Waals surface area contributed by atoms with Gasteiger partial charge in [0.2, 0.25) is 5.91 Å². The normalized spacial score (nSPS) is 20.7. The zero-order valence-corrected chi connectivity index (χ0v) is 19.7. The Morgan fingerprint density at radius 1 is 0.829 bits per heavy atom. The van der Waals surface area contributed by atoms with Gasteiger partial charge in [-0.25, -0.2) is 0 Å². The van der Waals surface area contributed by atoms with Crippen LogP contribution in [-0.2, 0) is 16.8 Å². The lowest BCUT2D eigenvalue weighted by Crippen LogP contribution is -2.42. The van der Waals surface area contributed by atoms with Crippen LogP contribution in [0.1, 0.15) is 34.6 Å². The molecule has 0 unspecified atom stereocenters. The summed E-state index contributed by atoms with van der Waals surface area (Å²) in [5.41, 5.74) is 5.91. The number of rotatable bonds is 5. The summed E-state index contributed by atoms with van der Waals surface area (Å²) < 4.78 is 5.79. The van der Waals surface area contributed by atoms with Crippen molar-refractivity contribution in [3.05, 3.63) is 138 Å². The molecule has 0 saturated heterocycles. The van der Waals surface area contributed by atoms with Crippen molar-refractivity contribution in [3.63, 3.8) is 0 Å². The number of carbonyl (C=O) groups excluding carboxylic acids is 1. The van der Waals surface area contributed by atoms with Crippen LogP contribution in [0.25, 0.3) is 5.57 Å². The highest BCUT2D eigenvalue weighted by Gasteiger charge is 2.58. The largest absolute Gasteiger partial charge is 0.496 e. The standard InChI is InChI=1S/C32H27NO2/c1-35-30-19-11-8-16-26(30)28-20-25(24-14-6-3-7-15-24)21-32(28)27-17-9-10-18-29(27)33(31(32)34)22-23-12-4-2-5-13-23/h2-20,28H,21-22H2,1H3/t28-,32+/m1/s1. The minimum absolute atomic E-state index is 0.136. The average molecular weight is 458 g/mol. The van der Waals surface area contributed by atoms with Crippen LogP contribution in [-0.4, -0.2) is 13.0 Å². The van der Waals surface area contributed by atoms with Gasteiger partial charge < -0.3 is 9.64 Å². The minimum atomic E-state index is -0.717. The van der Waals surface area contributed by atoms with Crippen LogP contribution in [0.5, 0.6) is 5.75 Å². The molecular weight excluding hydrogens is 430 g/mol. The lowest BCUT2D eigenvalue weighted by atomic mass is 9.69. The zero-order valence-electron chi connectivity index (χ0n) is 19.7. The van der Waals surface area contributed by atoms with E-state index in [0.29, 0.717) is 13.0 Å². The molecule has 0 radical (unpaired) electrons. The highest BCUT2D eigenvalue weighted by Crippen LogP contribution is 2.60. The molecule has 4 aromatic carbocycles. The van der Waals surface area contributed by atoms with Crippen molar-refractivity contribution in [2.75, 3.05) is 12.0 Å². The van der Waals surface area contributed by atoms with E-state index in [1.807, 2.05) is 53.4 Å². The third-order valence-electron chi connectivity index (χ3n) is 7.47. The van der Waals surface area contributed by atoms with Gasteiger partial charge in [-0.05, 0) is 40.8 Å². The topological polar surface area (TPSA) is 29.5 Å². The zero-order chi connectivity index (χ0) is 23.8. The monoisotopic (exact) mass is 457 g/mol. The number of amides is 1. The second-order valence-corrected chi connectivity index (χ2v) is 9.32. The van der Waals surface area contributed by atoms with Gasteiger partial charge in [-0.1, -0.05) is 103 Å². The Bertz CT molecular complexity index is 1410. The molecule has 172 valence electrons. The fraction of sp³-hybridized carbons (Fsp3) is 0.156. The fourth-order valence-corrected chi connectivity index (χ4v) is 5.89. The number of para-hydroxylation sites is 2. The summed E-state index contributed by atoms with van der Waals surface area (Å²) in [5, 5.41) is 0. The summed E-state index contributed by atoms with van der Waals surface area (Å²) >= 11 is 0. The summed E-state index contributed by atoms with van der Waals surface area (Å²) in [6, 6.07) is 37.1. The Morgan fingerprint density at radius 2 is 1.49 bits per heavy atom. The van der Waals surface area contributed by atoms with Crippen LogP contribution in [0.4, 0.5) is 5.69 Å². The van der Waals surface area contributed by atoms with Crippen molar-refractivity contribution in [3.8, 4) is 5.75 Å². The van der Waals surface area contributed by atoms with E-state index >= 15 is 0 Å². The van der Waals surface area contributed by atoms with Crippen LogP contribution in [0.15, 0.2) is 115 Å². The van der Waals surface area contributed by atoms with Gasteiger partial charge in [-0.2, -0.15) is 0 Å². The first-order valence-corrected chi connectivity index (χ1v) is 12.1. The molecule has 1 spiro atoms. The number of hydrogen-bond donors (Lipinski definition) is 0. The van der Waals surface area contributed by atoms with Gasteiger partial charge in [0.05, 0.1) is 19.1 Å². The van der Waals surface area contributed by atoms with Crippen molar-refractivity contribution >= 4 is 17.2 Å². The van der Waals surface area contributed by atoms with Crippen LogP contribution in [0, 0.1) is 0 Å². The molecule has 35 heavy (non-hydrogen) atoms. The second-order valence-electron chi connectivity index (χ2n) is 9.32. The fourth-order valence-electron chi connectivity index (χ4n) is 5.89. The minimum Gasteiger partial charge on any atom is -0.496 e. The Balaban J connectivity index is 1.54. The number of hydrogen-bond acceptors (Lipinski definition) is 2. The number of fused-ring (bicyclic) bond motifs is 2. The molecule has 6 rings (SSSR count). The Kier molecular flexibility index (Phi) is 5.26. The van der Waals surface area contributed by atoms with E-state index in [1.165, 1.54) is 5.57 Å². The number of carbonyl (C=O) groups is 1.